The Hall–Kier alpha value is -3.85. The van der Waals surface area contributed by atoms with Gasteiger partial charge >= 0.3 is 0 Å². The minimum absolute atomic E-state index is 0.144. The maximum Gasteiger partial charge on any atom is 0.270 e. The van der Waals surface area contributed by atoms with Gasteiger partial charge in [-0.15, -0.1) is 0 Å². The highest BCUT2D eigenvalue weighted by Crippen LogP contribution is 2.31. The van der Waals surface area contributed by atoms with E-state index in [0.717, 1.165) is 23.3 Å². The molecule has 0 atom stereocenters. The van der Waals surface area contributed by atoms with E-state index in [-0.39, 0.29) is 23.4 Å². The number of hydrogen-bond acceptors (Lipinski definition) is 4. The van der Waals surface area contributed by atoms with E-state index in [1.807, 2.05) is 0 Å². The van der Waals surface area contributed by atoms with Gasteiger partial charge in [-0.2, -0.15) is 0 Å². The fourth-order valence-electron chi connectivity index (χ4n) is 4.03. The number of aromatic nitrogens is 2. The lowest BCUT2D eigenvalue weighted by atomic mass is 10.1. The number of ether oxygens (including phenoxy) is 1. The molecule has 5 rings (SSSR count). The number of nitrogen functional groups attached to an aromatic ring is 1. The van der Waals surface area contributed by atoms with Crippen LogP contribution in [0.15, 0.2) is 48.5 Å². The Morgan fingerprint density at radius 2 is 1.70 bits per heavy atom. The van der Waals surface area contributed by atoms with E-state index in [1.165, 1.54) is 35.2 Å². The number of carbonyl (C=O) groups is 1. The van der Waals surface area contributed by atoms with Crippen molar-refractivity contribution in [3.8, 4) is 0 Å². The van der Waals surface area contributed by atoms with Crippen molar-refractivity contribution in [3.05, 3.63) is 93.9 Å². The van der Waals surface area contributed by atoms with E-state index in [2.05, 4.69) is 9.97 Å². The van der Waals surface area contributed by atoms with E-state index in [0.29, 0.717) is 30.1 Å². The van der Waals surface area contributed by atoms with Crippen molar-refractivity contribution in [2.75, 3.05) is 5.73 Å². The van der Waals surface area contributed by atoms with Gasteiger partial charge < -0.3 is 20.4 Å². The number of pyridine rings is 1. The lowest BCUT2D eigenvalue weighted by Crippen LogP contribution is -2.31. The monoisotopic (exact) mass is 452 g/mol. The van der Waals surface area contributed by atoms with E-state index >= 15 is 0 Å². The first-order valence-electron chi connectivity index (χ1n) is 10.3. The van der Waals surface area contributed by atoms with Crippen LogP contribution in [-0.4, -0.2) is 20.8 Å². The van der Waals surface area contributed by atoms with Crippen LogP contribution in [0.2, 0.25) is 0 Å². The van der Waals surface area contributed by atoms with E-state index in [9.17, 15) is 18.0 Å². The summed E-state index contributed by atoms with van der Waals surface area (Å²) >= 11 is 0. The first-order chi connectivity index (χ1) is 15.9. The summed E-state index contributed by atoms with van der Waals surface area (Å²) in [6.45, 7) is 0.0771. The van der Waals surface area contributed by atoms with Gasteiger partial charge in [0.05, 0.1) is 30.8 Å². The number of rotatable bonds is 5. The van der Waals surface area contributed by atoms with Gasteiger partial charge in [0.25, 0.3) is 5.91 Å². The van der Waals surface area contributed by atoms with Crippen LogP contribution in [0.5, 0.6) is 0 Å². The van der Waals surface area contributed by atoms with Crippen LogP contribution in [0.4, 0.5) is 19.0 Å². The van der Waals surface area contributed by atoms with Gasteiger partial charge in [-0.05, 0) is 24.3 Å². The predicted molar refractivity (Wildman–Crippen MR) is 115 cm³/mol. The molecule has 0 bridgehead atoms. The number of hydrogen-bond donors (Lipinski definition) is 2. The Bertz CT molecular complexity index is 1370. The van der Waals surface area contributed by atoms with Crippen LogP contribution in [0.25, 0.3) is 11.0 Å². The number of H-pyrrole nitrogens is 1. The quantitative estimate of drug-likeness (QED) is 0.469. The third kappa shape index (κ3) is 3.80. The maximum atomic E-state index is 14.4. The number of fused-ring (bicyclic) bond motifs is 3. The maximum absolute atomic E-state index is 14.4. The van der Waals surface area contributed by atoms with Crippen LogP contribution in [0.1, 0.15) is 32.7 Å². The number of aromatic amines is 1. The summed E-state index contributed by atoms with van der Waals surface area (Å²) in [4.78, 5) is 22.0. The molecule has 168 valence electrons. The Balaban J connectivity index is 1.55. The lowest BCUT2D eigenvalue weighted by molar-refractivity contribution is 0.0720. The number of carbonyl (C=O) groups excluding carboxylic acids is 1. The van der Waals surface area contributed by atoms with Gasteiger partial charge in [-0.25, -0.2) is 18.2 Å². The summed E-state index contributed by atoms with van der Waals surface area (Å²) in [5, 5.41) is 0. The predicted octanol–water partition coefficient (Wildman–Crippen LogP) is 4.44. The highest BCUT2D eigenvalue weighted by Gasteiger charge is 2.26. The highest BCUT2D eigenvalue weighted by atomic mass is 19.1. The summed E-state index contributed by atoms with van der Waals surface area (Å²) in [5.41, 5.74) is 8.76. The SMILES string of the molecule is Nc1nc2cc(C(=O)N(Cc3ccccc3F)Cc3c(F)cccc3F)[nH]c2c2c1COC2. The summed E-state index contributed by atoms with van der Waals surface area (Å²) < 4.78 is 48.5. The minimum Gasteiger partial charge on any atom is -0.383 e. The average Bonchev–Trinajstić information content (AvgIpc) is 3.44. The van der Waals surface area contributed by atoms with Gasteiger partial charge in [0, 0.05) is 28.8 Å². The largest absolute Gasteiger partial charge is 0.383 e. The molecule has 4 aromatic rings. The summed E-state index contributed by atoms with van der Waals surface area (Å²) in [6, 6.07) is 10.9. The Morgan fingerprint density at radius 3 is 2.45 bits per heavy atom. The molecule has 3 heterocycles. The zero-order valence-electron chi connectivity index (χ0n) is 17.4. The number of nitrogens with zero attached hydrogens (tertiary/aromatic N) is 2. The Kier molecular flexibility index (Phi) is 5.26. The summed E-state index contributed by atoms with van der Waals surface area (Å²) in [5.74, 6) is -2.34. The zero-order chi connectivity index (χ0) is 23.1. The molecule has 33 heavy (non-hydrogen) atoms. The molecule has 0 fully saturated rings. The van der Waals surface area contributed by atoms with Crippen LogP contribution in [0.3, 0.4) is 0 Å². The van der Waals surface area contributed by atoms with Gasteiger partial charge in [0.15, 0.2) is 0 Å². The van der Waals surface area contributed by atoms with Crippen molar-refractivity contribution in [2.24, 2.45) is 0 Å². The molecule has 1 aliphatic rings. The van der Waals surface area contributed by atoms with Crippen molar-refractivity contribution in [1.29, 1.82) is 0 Å². The first-order valence-corrected chi connectivity index (χ1v) is 10.3. The van der Waals surface area contributed by atoms with Crippen LogP contribution < -0.4 is 5.73 Å². The van der Waals surface area contributed by atoms with Gasteiger partial charge in [0.1, 0.15) is 29.0 Å². The molecule has 0 spiro atoms. The Labute approximate surface area is 186 Å². The van der Waals surface area contributed by atoms with Crippen molar-refractivity contribution in [1.82, 2.24) is 14.9 Å². The summed E-state index contributed by atoms with van der Waals surface area (Å²) in [7, 11) is 0. The number of amides is 1. The fourth-order valence-corrected chi connectivity index (χ4v) is 4.03. The van der Waals surface area contributed by atoms with Crippen LogP contribution in [0, 0.1) is 17.5 Å². The summed E-state index contributed by atoms with van der Waals surface area (Å²) in [6.07, 6.45) is 0. The molecule has 2 aromatic carbocycles. The second kappa shape index (κ2) is 8.25. The molecule has 2 aromatic heterocycles. The molecule has 1 amide bonds. The second-order valence-corrected chi connectivity index (χ2v) is 7.84. The molecule has 3 N–H and O–H groups in total. The second-order valence-electron chi connectivity index (χ2n) is 7.84. The molecule has 1 aliphatic heterocycles. The molecule has 0 aliphatic carbocycles. The zero-order valence-corrected chi connectivity index (χ0v) is 17.4. The Morgan fingerprint density at radius 1 is 1.00 bits per heavy atom. The van der Waals surface area contributed by atoms with Crippen LogP contribution >= 0.6 is 0 Å². The van der Waals surface area contributed by atoms with E-state index < -0.39 is 29.9 Å². The normalized spacial score (nSPS) is 12.8. The molecule has 0 unspecified atom stereocenters. The number of benzene rings is 2. The number of halogens is 3. The molecule has 0 saturated heterocycles. The van der Waals surface area contributed by atoms with Crippen molar-refractivity contribution < 1.29 is 22.7 Å². The van der Waals surface area contributed by atoms with Crippen molar-refractivity contribution in [3.63, 3.8) is 0 Å². The topological polar surface area (TPSA) is 84.2 Å². The lowest BCUT2D eigenvalue weighted by Gasteiger charge is -2.23. The number of nitrogens with two attached hydrogens (primary N) is 1. The standard InChI is InChI=1S/C24H19F3N4O2/c25-17-5-2-1-4-13(17)9-31(10-14-18(26)6-3-7-19(14)27)24(32)21-8-20-22(29-21)15-11-33-12-16(15)23(28)30-20/h1-8,29H,9-12H2,(H2,28,30). The highest BCUT2D eigenvalue weighted by molar-refractivity contribution is 5.98. The number of nitrogens with one attached hydrogen (secondary N) is 1. The molecule has 0 radical (unpaired) electrons. The minimum atomic E-state index is -0.789. The van der Waals surface area contributed by atoms with Gasteiger partial charge in [-0.1, -0.05) is 24.3 Å². The average molecular weight is 452 g/mol. The third-order valence-electron chi connectivity index (χ3n) is 5.75. The first kappa shape index (κ1) is 21.0. The van der Waals surface area contributed by atoms with Gasteiger partial charge in [0.2, 0.25) is 0 Å². The van der Waals surface area contributed by atoms with E-state index in [1.54, 1.807) is 6.07 Å². The molecular formula is C24H19F3N4O2. The molecule has 9 heteroatoms. The molecule has 0 saturated carbocycles. The van der Waals surface area contributed by atoms with Gasteiger partial charge in [-0.3, -0.25) is 4.79 Å². The molecule has 6 nitrogen and oxygen atoms in total. The van der Waals surface area contributed by atoms with Crippen LogP contribution in [-0.2, 0) is 31.0 Å². The third-order valence-corrected chi connectivity index (χ3v) is 5.75. The van der Waals surface area contributed by atoms with Crippen molar-refractivity contribution in [2.45, 2.75) is 26.3 Å². The smallest absolute Gasteiger partial charge is 0.270 e. The van der Waals surface area contributed by atoms with Crippen molar-refractivity contribution >= 4 is 22.8 Å². The molecular weight excluding hydrogens is 433 g/mol. The fraction of sp³-hybridized carbons (Fsp3) is 0.167. The number of anilines is 1. The van der Waals surface area contributed by atoms with E-state index in [4.69, 9.17) is 10.5 Å².